The van der Waals surface area contributed by atoms with Crippen LogP contribution < -0.4 is 33.8 Å². The zero-order chi connectivity index (χ0) is 32.7. The van der Waals surface area contributed by atoms with Crippen LogP contribution in [-0.2, 0) is 25.5 Å². The molecule has 0 saturated carbocycles. The molecular formula is C33H36N2O9S. The molecular weight excluding hydrogens is 600 g/mol. The summed E-state index contributed by atoms with van der Waals surface area (Å²) in [7, 11) is 4.39. The van der Waals surface area contributed by atoms with E-state index in [4.69, 9.17) is 23.7 Å². The van der Waals surface area contributed by atoms with Gasteiger partial charge >= 0.3 is 11.9 Å². The Balaban J connectivity index is 1.92. The van der Waals surface area contributed by atoms with Gasteiger partial charge in [-0.1, -0.05) is 23.5 Å². The fraction of sp³-hybridized carbons (Fsp3) is 0.333. The van der Waals surface area contributed by atoms with Crippen LogP contribution in [0.25, 0.3) is 6.08 Å². The van der Waals surface area contributed by atoms with Gasteiger partial charge in [-0.05, 0) is 68.7 Å². The predicted molar refractivity (Wildman–Crippen MR) is 169 cm³/mol. The zero-order valence-electron chi connectivity index (χ0n) is 26.1. The Morgan fingerprint density at radius 3 is 2.44 bits per heavy atom. The summed E-state index contributed by atoms with van der Waals surface area (Å²) in [4.78, 5) is 44.2. The van der Waals surface area contributed by atoms with Crippen molar-refractivity contribution in [2.24, 2.45) is 4.99 Å². The average molecular weight is 637 g/mol. The molecule has 3 aromatic rings. The summed E-state index contributed by atoms with van der Waals surface area (Å²) < 4.78 is 34.5. The van der Waals surface area contributed by atoms with E-state index in [1.807, 2.05) is 13.0 Å². The minimum absolute atomic E-state index is 0.142. The van der Waals surface area contributed by atoms with Crippen LogP contribution in [0.5, 0.6) is 23.0 Å². The van der Waals surface area contributed by atoms with Crippen molar-refractivity contribution in [1.29, 1.82) is 0 Å². The van der Waals surface area contributed by atoms with Crippen molar-refractivity contribution in [3.05, 3.63) is 90.6 Å². The predicted octanol–water partition coefficient (Wildman–Crippen LogP) is 3.49. The maximum absolute atomic E-state index is 14.1. The molecule has 2 aromatic carbocycles. The summed E-state index contributed by atoms with van der Waals surface area (Å²) >= 11 is 1.20. The molecule has 0 amide bonds. The monoisotopic (exact) mass is 636 g/mol. The Kier molecular flexibility index (Phi) is 10.8. The molecule has 2 heterocycles. The zero-order valence-corrected chi connectivity index (χ0v) is 26.9. The second kappa shape index (κ2) is 14.8. The Bertz CT molecular complexity index is 1820. The molecule has 1 aliphatic rings. The summed E-state index contributed by atoms with van der Waals surface area (Å²) in [6.45, 7) is 9.19. The fourth-order valence-electron chi connectivity index (χ4n) is 4.99. The number of hydrogen-bond acceptors (Lipinski definition) is 11. The van der Waals surface area contributed by atoms with Crippen molar-refractivity contribution < 1.29 is 38.0 Å². The highest BCUT2D eigenvalue weighted by Gasteiger charge is 2.34. The summed E-state index contributed by atoms with van der Waals surface area (Å²) in [5, 5.41) is 0. The fourth-order valence-corrected chi connectivity index (χ4v) is 6.04. The number of nitrogens with zero attached hydrogens (tertiary/aromatic N) is 2. The number of esters is 2. The molecule has 238 valence electrons. The maximum Gasteiger partial charge on any atom is 0.343 e. The molecule has 1 atom stereocenters. The van der Waals surface area contributed by atoms with E-state index in [0.717, 1.165) is 11.1 Å². The van der Waals surface area contributed by atoms with Gasteiger partial charge in [-0.25, -0.2) is 14.6 Å². The van der Waals surface area contributed by atoms with Gasteiger partial charge in [0, 0.05) is 5.56 Å². The molecule has 0 bridgehead atoms. The van der Waals surface area contributed by atoms with Gasteiger partial charge in [0.2, 0.25) is 0 Å². The van der Waals surface area contributed by atoms with Gasteiger partial charge in [-0.15, -0.1) is 6.58 Å². The molecule has 11 nitrogen and oxygen atoms in total. The SMILES string of the molecule is C=CCc1cc(/C=c2\sc3n(c2=O)[C@H](c2ccc(OCC(=O)OC)c(OCC)c2)C(C(=O)OCC)=C(C)N=3)cc(OC)c1OC. The first kappa shape index (κ1) is 33.1. The van der Waals surface area contributed by atoms with Crippen LogP contribution in [0.1, 0.15) is 43.5 Å². The lowest BCUT2D eigenvalue weighted by Gasteiger charge is -2.25. The molecule has 0 radical (unpaired) electrons. The normalized spacial score (nSPS) is 14.3. The number of allylic oxidation sites excluding steroid dienone is 2. The van der Waals surface area contributed by atoms with Gasteiger partial charge in [-0.3, -0.25) is 9.36 Å². The minimum atomic E-state index is -0.877. The lowest BCUT2D eigenvalue weighted by molar-refractivity contribution is -0.143. The highest BCUT2D eigenvalue weighted by atomic mass is 32.1. The molecule has 12 heteroatoms. The molecule has 0 spiro atoms. The number of methoxy groups -OCH3 is 3. The topological polar surface area (TPSA) is 124 Å². The quantitative estimate of drug-likeness (QED) is 0.205. The number of rotatable bonds is 13. The number of carbonyl (C=O) groups excluding carboxylic acids is 2. The summed E-state index contributed by atoms with van der Waals surface area (Å²) in [5.41, 5.74) is 2.44. The summed E-state index contributed by atoms with van der Waals surface area (Å²) in [5.74, 6) is 0.611. The highest BCUT2D eigenvalue weighted by Crippen LogP contribution is 2.37. The van der Waals surface area contributed by atoms with E-state index in [1.54, 1.807) is 64.5 Å². The Labute approximate surface area is 264 Å². The van der Waals surface area contributed by atoms with E-state index in [2.05, 4.69) is 16.3 Å². The van der Waals surface area contributed by atoms with E-state index in [0.29, 0.717) is 56.6 Å². The van der Waals surface area contributed by atoms with Crippen LogP contribution >= 0.6 is 11.3 Å². The second-order valence-electron chi connectivity index (χ2n) is 9.71. The first-order valence-corrected chi connectivity index (χ1v) is 15.0. The van der Waals surface area contributed by atoms with Crippen molar-refractivity contribution in [2.45, 2.75) is 33.2 Å². The van der Waals surface area contributed by atoms with Gasteiger partial charge in [0.25, 0.3) is 5.56 Å². The van der Waals surface area contributed by atoms with Gasteiger partial charge in [-0.2, -0.15) is 0 Å². The van der Waals surface area contributed by atoms with E-state index < -0.39 is 18.0 Å². The van der Waals surface area contributed by atoms with Crippen LogP contribution in [0.15, 0.2) is 64.0 Å². The van der Waals surface area contributed by atoms with Crippen LogP contribution in [-0.4, -0.2) is 57.7 Å². The van der Waals surface area contributed by atoms with Crippen molar-refractivity contribution >= 4 is 29.4 Å². The molecule has 0 unspecified atom stereocenters. The average Bonchev–Trinajstić information content (AvgIpc) is 3.33. The van der Waals surface area contributed by atoms with Gasteiger partial charge < -0.3 is 28.4 Å². The first-order chi connectivity index (χ1) is 21.7. The molecule has 0 aliphatic carbocycles. The third kappa shape index (κ3) is 6.96. The number of thiazole rings is 1. The minimum Gasteiger partial charge on any atom is -0.493 e. The standard InChI is InChI=1S/C33H36N2O9S/c1-8-11-22-14-20(15-25(39-5)30(22)41-7)16-26-31(37)35-29(28(32(38)43-10-3)19(4)34-33(35)45-26)21-12-13-23(24(17-21)42-9-2)44-18-27(36)40-6/h8,12-17,29H,1,9-11,18H2,2-7H3/b26-16-/t29-/m1/s1. The molecule has 1 aliphatic heterocycles. The van der Waals surface area contributed by atoms with Gasteiger partial charge in [0.1, 0.15) is 0 Å². The van der Waals surface area contributed by atoms with E-state index in [1.165, 1.54) is 23.0 Å². The Morgan fingerprint density at radius 2 is 1.80 bits per heavy atom. The number of aromatic nitrogens is 1. The van der Waals surface area contributed by atoms with Gasteiger partial charge in [0.05, 0.1) is 56.4 Å². The Morgan fingerprint density at radius 1 is 1.02 bits per heavy atom. The molecule has 0 saturated heterocycles. The smallest absolute Gasteiger partial charge is 0.343 e. The van der Waals surface area contributed by atoms with E-state index in [-0.39, 0.29) is 24.3 Å². The highest BCUT2D eigenvalue weighted by molar-refractivity contribution is 7.07. The van der Waals surface area contributed by atoms with Crippen molar-refractivity contribution in [2.75, 3.05) is 41.2 Å². The maximum atomic E-state index is 14.1. The lowest BCUT2D eigenvalue weighted by Crippen LogP contribution is -2.40. The van der Waals surface area contributed by atoms with E-state index in [9.17, 15) is 14.4 Å². The first-order valence-electron chi connectivity index (χ1n) is 14.2. The van der Waals surface area contributed by atoms with Crippen molar-refractivity contribution in [3.8, 4) is 23.0 Å². The largest absolute Gasteiger partial charge is 0.493 e. The third-order valence-corrected chi connectivity index (χ3v) is 7.90. The number of hydrogen-bond donors (Lipinski definition) is 0. The summed E-state index contributed by atoms with van der Waals surface area (Å²) in [6, 6.07) is 7.85. The van der Waals surface area contributed by atoms with Gasteiger partial charge in [0.15, 0.2) is 34.4 Å². The van der Waals surface area contributed by atoms with E-state index >= 15 is 0 Å². The van der Waals surface area contributed by atoms with Crippen LogP contribution in [0, 0.1) is 0 Å². The molecule has 4 rings (SSSR count). The molecule has 45 heavy (non-hydrogen) atoms. The summed E-state index contributed by atoms with van der Waals surface area (Å²) in [6.07, 6.45) is 4.05. The van der Waals surface area contributed by atoms with Crippen molar-refractivity contribution in [3.63, 3.8) is 0 Å². The number of fused-ring (bicyclic) bond motifs is 1. The third-order valence-electron chi connectivity index (χ3n) is 6.91. The molecule has 0 N–H and O–H groups in total. The number of carbonyl (C=O) groups is 2. The van der Waals surface area contributed by atoms with Crippen LogP contribution in [0.4, 0.5) is 0 Å². The lowest BCUT2D eigenvalue weighted by atomic mass is 9.95. The van der Waals surface area contributed by atoms with Crippen LogP contribution in [0.3, 0.4) is 0 Å². The molecule has 1 aromatic heterocycles. The second-order valence-corrected chi connectivity index (χ2v) is 10.7. The Hall–Kier alpha value is -4.84. The van der Waals surface area contributed by atoms with Crippen LogP contribution in [0.2, 0.25) is 0 Å². The number of ether oxygens (including phenoxy) is 6. The molecule has 0 fully saturated rings. The van der Waals surface area contributed by atoms with Crippen molar-refractivity contribution in [1.82, 2.24) is 4.57 Å². The number of benzene rings is 2.